The highest BCUT2D eigenvalue weighted by Crippen LogP contribution is 2.36. The van der Waals surface area contributed by atoms with Crippen LogP contribution in [0.2, 0.25) is 5.02 Å². The molecule has 0 aliphatic carbocycles. The van der Waals surface area contributed by atoms with E-state index in [1.807, 2.05) is 6.92 Å². The smallest absolute Gasteiger partial charge is 0.225 e. The zero-order valence-electron chi connectivity index (χ0n) is 11.4. The van der Waals surface area contributed by atoms with Crippen LogP contribution in [-0.4, -0.2) is 21.1 Å². The zero-order valence-corrected chi connectivity index (χ0v) is 12.2. The molecule has 0 unspecified atom stereocenters. The Morgan fingerprint density at radius 3 is 2.62 bits per heavy atom. The molecule has 0 fully saturated rings. The summed E-state index contributed by atoms with van der Waals surface area (Å²) in [5.41, 5.74) is 1.22. The molecule has 0 aliphatic heterocycles. The molecule has 0 atom stereocenters. The van der Waals surface area contributed by atoms with E-state index in [1.54, 1.807) is 18.3 Å². The number of nitrogens with zero attached hydrogens (tertiary/aromatic N) is 1. The first kappa shape index (κ1) is 15.1. The van der Waals surface area contributed by atoms with E-state index in [1.165, 1.54) is 12.1 Å². The summed E-state index contributed by atoms with van der Waals surface area (Å²) in [5.74, 6) is -0.163. The van der Waals surface area contributed by atoms with Gasteiger partial charge in [-0.25, -0.2) is 4.98 Å². The average molecular weight is 307 g/mol. The van der Waals surface area contributed by atoms with Crippen LogP contribution in [0, 0.1) is 0 Å². The van der Waals surface area contributed by atoms with Crippen molar-refractivity contribution in [3.8, 4) is 22.6 Å². The lowest BCUT2D eigenvalue weighted by atomic mass is 10.1. The van der Waals surface area contributed by atoms with E-state index in [0.717, 1.165) is 6.42 Å². The van der Waals surface area contributed by atoms with Gasteiger partial charge < -0.3 is 15.5 Å². The molecule has 1 aromatic heterocycles. The van der Waals surface area contributed by atoms with Gasteiger partial charge in [-0.05, 0) is 24.6 Å². The molecule has 0 spiro atoms. The molecule has 6 heteroatoms. The number of pyridine rings is 1. The molecule has 0 bridgehead atoms. The summed E-state index contributed by atoms with van der Waals surface area (Å²) in [6, 6.07) is 6.02. The van der Waals surface area contributed by atoms with Gasteiger partial charge in [-0.3, -0.25) is 4.79 Å². The maximum Gasteiger partial charge on any atom is 0.225 e. The number of aromatic hydroxyl groups is 2. The first-order valence-electron chi connectivity index (χ1n) is 6.49. The Morgan fingerprint density at radius 2 is 2.00 bits per heavy atom. The Labute approximate surface area is 127 Å². The molecule has 0 saturated carbocycles. The van der Waals surface area contributed by atoms with Gasteiger partial charge in [0.1, 0.15) is 5.82 Å². The van der Waals surface area contributed by atoms with Crippen molar-refractivity contribution in [1.82, 2.24) is 4.98 Å². The molecule has 1 heterocycles. The summed E-state index contributed by atoms with van der Waals surface area (Å²) in [5, 5.41) is 21.9. The summed E-state index contributed by atoms with van der Waals surface area (Å²) in [7, 11) is 0. The topological polar surface area (TPSA) is 82.5 Å². The maximum atomic E-state index is 11.5. The van der Waals surface area contributed by atoms with E-state index < -0.39 is 0 Å². The van der Waals surface area contributed by atoms with Crippen molar-refractivity contribution in [3.05, 3.63) is 35.5 Å². The molecule has 0 aliphatic rings. The number of halogens is 1. The van der Waals surface area contributed by atoms with Gasteiger partial charge in [0.05, 0.1) is 5.02 Å². The van der Waals surface area contributed by atoms with Crippen molar-refractivity contribution in [1.29, 1.82) is 0 Å². The summed E-state index contributed by atoms with van der Waals surface area (Å²) >= 11 is 6.03. The van der Waals surface area contributed by atoms with E-state index in [4.69, 9.17) is 11.6 Å². The van der Waals surface area contributed by atoms with Gasteiger partial charge >= 0.3 is 0 Å². The van der Waals surface area contributed by atoms with Crippen LogP contribution in [0.4, 0.5) is 5.82 Å². The molecule has 5 nitrogen and oxygen atoms in total. The number of aromatic nitrogens is 1. The van der Waals surface area contributed by atoms with Gasteiger partial charge in [-0.1, -0.05) is 18.5 Å². The lowest BCUT2D eigenvalue weighted by Crippen LogP contribution is -2.11. The van der Waals surface area contributed by atoms with Crippen molar-refractivity contribution in [2.75, 3.05) is 5.32 Å². The number of amides is 1. The molecular weight excluding hydrogens is 292 g/mol. The SMILES string of the molecule is CCCC(=O)Nc1ccc(-c2cc(O)c(O)cc2Cl)cn1. The zero-order chi connectivity index (χ0) is 15.4. The molecule has 2 rings (SSSR count). The summed E-state index contributed by atoms with van der Waals surface area (Å²) < 4.78 is 0. The molecule has 1 aromatic carbocycles. The predicted octanol–water partition coefficient (Wildman–Crippen LogP) is 3.55. The monoisotopic (exact) mass is 306 g/mol. The fraction of sp³-hybridized carbons (Fsp3) is 0.200. The summed E-state index contributed by atoms with van der Waals surface area (Å²) in [4.78, 5) is 15.6. The summed E-state index contributed by atoms with van der Waals surface area (Å²) in [6.45, 7) is 1.93. The number of carbonyl (C=O) groups excluding carboxylic acids is 1. The molecule has 2 aromatic rings. The van der Waals surface area contributed by atoms with Gasteiger partial charge in [0.2, 0.25) is 5.91 Å². The molecule has 0 radical (unpaired) electrons. The number of rotatable bonds is 4. The van der Waals surface area contributed by atoms with Gasteiger partial charge in [0.15, 0.2) is 11.5 Å². The molecule has 21 heavy (non-hydrogen) atoms. The van der Waals surface area contributed by atoms with Crippen LogP contribution in [0.15, 0.2) is 30.5 Å². The number of nitrogens with one attached hydrogen (secondary N) is 1. The van der Waals surface area contributed by atoms with Crippen molar-refractivity contribution < 1.29 is 15.0 Å². The van der Waals surface area contributed by atoms with E-state index in [2.05, 4.69) is 10.3 Å². The van der Waals surface area contributed by atoms with E-state index in [-0.39, 0.29) is 17.4 Å². The minimum absolute atomic E-state index is 0.0851. The van der Waals surface area contributed by atoms with Gasteiger partial charge in [-0.15, -0.1) is 0 Å². The highest BCUT2D eigenvalue weighted by molar-refractivity contribution is 6.33. The van der Waals surface area contributed by atoms with Crippen LogP contribution < -0.4 is 5.32 Å². The van der Waals surface area contributed by atoms with Crippen LogP contribution in [0.5, 0.6) is 11.5 Å². The second-order valence-electron chi connectivity index (χ2n) is 4.55. The van der Waals surface area contributed by atoms with E-state index in [9.17, 15) is 15.0 Å². The minimum atomic E-state index is -0.278. The molecule has 3 N–H and O–H groups in total. The third-order valence-corrected chi connectivity index (χ3v) is 3.20. The predicted molar refractivity (Wildman–Crippen MR) is 81.6 cm³/mol. The number of hydrogen-bond donors (Lipinski definition) is 3. The number of anilines is 1. The number of benzene rings is 1. The fourth-order valence-corrected chi connectivity index (χ4v) is 2.10. The van der Waals surface area contributed by atoms with Crippen LogP contribution in [-0.2, 0) is 4.79 Å². The van der Waals surface area contributed by atoms with Crippen LogP contribution in [0.1, 0.15) is 19.8 Å². The molecule has 0 saturated heterocycles. The van der Waals surface area contributed by atoms with Crippen LogP contribution in [0.25, 0.3) is 11.1 Å². The summed E-state index contributed by atoms with van der Waals surface area (Å²) in [6.07, 6.45) is 2.76. The fourth-order valence-electron chi connectivity index (χ4n) is 1.83. The highest BCUT2D eigenvalue weighted by atomic mass is 35.5. The first-order valence-corrected chi connectivity index (χ1v) is 6.86. The van der Waals surface area contributed by atoms with E-state index >= 15 is 0 Å². The quantitative estimate of drug-likeness (QED) is 0.754. The minimum Gasteiger partial charge on any atom is -0.504 e. The number of phenols is 2. The Balaban J connectivity index is 2.23. The van der Waals surface area contributed by atoms with Gasteiger partial charge in [-0.2, -0.15) is 0 Å². The highest BCUT2D eigenvalue weighted by Gasteiger charge is 2.10. The van der Waals surface area contributed by atoms with Crippen molar-refractivity contribution in [3.63, 3.8) is 0 Å². The third-order valence-electron chi connectivity index (χ3n) is 2.88. The first-order chi connectivity index (χ1) is 10.0. The van der Waals surface area contributed by atoms with Crippen LogP contribution >= 0.6 is 11.6 Å². The molecule has 110 valence electrons. The molecular formula is C15H15ClN2O3. The van der Waals surface area contributed by atoms with Crippen LogP contribution in [0.3, 0.4) is 0 Å². The Kier molecular flexibility index (Phi) is 4.65. The Hall–Kier alpha value is -2.27. The maximum absolute atomic E-state index is 11.5. The number of hydrogen-bond acceptors (Lipinski definition) is 4. The number of carbonyl (C=O) groups is 1. The molecule has 1 amide bonds. The normalized spacial score (nSPS) is 10.4. The van der Waals surface area contributed by atoms with Crippen molar-refractivity contribution in [2.45, 2.75) is 19.8 Å². The van der Waals surface area contributed by atoms with Crippen molar-refractivity contribution in [2.24, 2.45) is 0 Å². The standard InChI is InChI=1S/C15H15ClN2O3/c1-2-3-15(21)18-14-5-4-9(8-17-14)10-6-12(19)13(20)7-11(10)16/h4-8,19-20H,2-3H2,1H3,(H,17,18,21). The second kappa shape index (κ2) is 6.45. The largest absolute Gasteiger partial charge is 0.504 e. The lowest BCUT2D eigenvalue weighted by Gasteiger charge is -2.08. The second-order valence-corrected chi connectivity index (χ2v) is 4.96. The Morgan fingerprint density at radius 1 is 1.29 bits per heavy atom. The van der Waals surface area contributed by atoms with Gasteiger partial charge in [0, 0.05) is 29.8 Å². The van der Waals surface area contributed by atoms with Gasteiger partial charge in [0.25, 0.3) is 0 Å². The number of phenolic OH excluding ortho intramolecular Hbond substituents is 2. The third kappa shape index (κ3) is 3.64. The van der Waals surface area contributed by atoms with Crippen molar-refractivity contribution >= 4 is 23.3 Å². The lowest BCUT2D eigenvalue weighted by molar-refractivity contribution is -0.116. The van der Waals surface area contributed by atoms with E-state index in [0.29, 0.717) is 28.4 Å². The average Bonchev–Trinajstić information content (AvgIpc) is 2.44. The Bertz CT molecular complexity index is 657.